The number of nitrogens with one attached hydrogen (secondary N) is 3. The third-order valence-electron chi connectivity index (χ3n) is 3.51. The van der Waals surface area contributed by atoms with Crippen LogP contribution in [0.5, 0.6) is 0 Å². The van der Waals surface area contributed by atoms with Gasteiger partial charge in [-0.2, -0.15) is 0 Å². The maximum atomic E-state index is 12.2. The Morgan fingerprint density at radius 2 is 2.04 bits per heavy atom. The molecule has 0 saturated heterocycles. The van der Waals surface area contributed by atoms with Gasteiger partial charge in [-0.15, -0.1) is 0 Å². The van der Waals surface area contributed by atoms with E-state index in [0.717, 1.165) is 5.56 Å². The third kappa shape index (κ3) is 2.78. The van der Waals surface area contributed by atoms with Crippen molar-refractivity contribution in [2.75, 3.05) is 0 Å². The molecule has 3 heterocycles. The van der Waals surface area contributed by atoms with E-state index in [1.165, 1.54) is 6.07 Å². The van der Waals surface area contributed by atoms with Crippen molar-refractivity contribution in [3.63, 3.8) is 0 Å². The van der Waals surface area contributed by atoms with Crippen molar-refractivity contribution in [2.24, 2.45) is 0 Å². The van der Waals surface area contributed by atoms with Crippen LogP contribution < -0.4 is 16.6 Å². The molecule has 0 spiro atoms. The van der Waals surface area contributed by atoms with Crippen molar-refractivity contribution in [1.29, 1.82) is 0 Å². The molecule has 0 aliphatic rings. The fraction of sp³-hybridized carbons (Fsp3) is 0.200. The molecule has 0 atom stereocenters. The molecule has 8 nitrogen and oxygen atoms in total. The van der Waals surface area contributed by atoms with Gasteiger partial charge in [-0.25, -0.2) is 9.78 Å². The van der Waals surface area contributed by atoms with Crippen molar-refractivity contribution >= 4 is 16.9 Å². The number of furan rings is 1. The summed E-state index contributed by atoms with van der Waals surface area (Å²) in [6.45, 7) is 3.77. The number of aryl methyl sites for hydroxylation is 2. The normalized spacial score (nSPS) is 10.9. The Labute approximate surface area is 129 Å². The lowest BCUT2D eigenvalue weighted by molar-refractivity contribution is 0.0943. The SMILES string of the molecule is Cc1ccoc1CNC(=O)c1cc(C)c2c(=O)[nH]c(=O)[nH]c2n1. The number of carbonyl (C=O) groups excluding carboxylic acids is 1. The van der Waals surface area contributed by atoms with Gasteiger partial charge < -0.3 is 9.73 Å². The molecule has 3 aromatic heterocycles. The molecule has 3 rings (SSSR count). The minimum atomic E-state index is -0.668. The lowest BCUT2D eigenvalue weighted by Gasteiger charge is -2.06. The Morgan fingerprint density at radius 3 is 2.74 bits per heavy atom. The Bertz CT molecular complexity index is 1010. The maximum absolute atomic E-state index is 12.2. The van der Waals surface area contributed by atoms with E-state index in [2.05, 4.69) is 20.3 Å². The van der Waals surface area contributed by atoms with E-state index >= 15 is 0 Å². The van der Waals surface area contributed by atoms with E-state index in [0.29, 0.717) is 11.3 Å². The number of fused-ring (bicyclic) bond motifs is 1. The maximum Gasteiger partial charge on any atom is 0.327 e. The highest BCUT2D eigenvalue weighted by molar-refractivity contribution is 5.95. The molecule has 0 fully saturated rings. The standard InChI is InChI=1S/C15H14N4O4/c1-7-3-4-23-10(7)6-16-13(20)9-5-8(2)11-12(17-9)18-15(22)19-14(11)21/h3-5H,6H2,1-2H3,(H,16,20)(H2,17,18,19,21,22). The van der Waals surface area contributed by atoms with Crippen molar-refractivity contribution in [3.8, 4) is 0 Å². The number of hydrogen-bond acceptors (Lipinski definition) is 5. The van der Waals surface area contributed by atoms with E-state index in [1.54, 1.807) is 19.3 Å². The monoisotopic (exact) mass is 314 g/mol. The quantitative estimate of drug-likeness (QED) is 0.659. The summed E-state index contributed by atoms with van der Waals surface area (Å²) in [5.74, 6) is 0.229. The van der Waals surface area contributed by atoms with Gasteiger partial charge in [-0.1, -0.05) is 0 Å². The van der Waals surface area contributed by atoms with Crippen LogP contribution in [0.25, 0.3) is 11.0 Å². The smallest absolute Gasteiger partial charge is 0.327 e. The summed E-state index contributed by atoms with van der Waals surface area (Å²) in [7, 11) is 0. The molecule has 0 saturated carbocycles. The largest absolute Gasteiger partial charge is 0.467 e. The molecule has 118 valence electrons. The molecule has 1 amide bonds. The summed E-state index contributed by atoms with van der Waals surface area (Å²) < 4.78 is 5.25. The number of carbonyl (C=O) groups is 1. The van der Waals surface area contributed by atoms with Crippen molar-refractivity contribution in [3.05, 3.63) is 61.8 Å². The zero-order chi connectivity index (χ0) is 16.6. The van der Waals surface area contributed by atoms with Crippen LogP contribution in [0.2, 0.25) is 0 Å². The van der Waals surface area contributed by atoms with Gasteiger partial charge in [0.15, 0.2) is 0 Å². The van der Waals surface area contributed by atoms with Gasteiger partial charge in [0.2, 0.25) is 0 Å². The predicted molar refractivity (Wildman–Crippen MR) is 82.3 cm³/mol. The predicted octanol–water partition coefficient (Wildman–Crippen LogP) is 0.751. The van der Waals surface area contributed by atoms with E-state index in [9.17, 15) is 14.4 Å². The summed E-state index contributed by atoms with van der Waals surface area (Å²) >= 11 is 0. The Balaban J connectivity index is 1.93. The van der Waals surface area contributed by atoms with Crippen LogP contribution in [0.3, 0.4) is 0 Å². The molecule has 0 unspecified atom stereocenters. The summed E-state index contributed by atoms with van der Waals surface area (Å²) in [5, 5.41) is 2.94. The minimum absolute atomic E-state index is 0.0816. The second kappa shape index (κ2) is 5.56. The first-order chi connectivity index (χ1) is 11.0. The molecule has 23 heavy (non-hydrogen) atoms. The highest BCUT2D eigenvalue weighted by atomic mass is 16.3. The number of rotatable bonds is 3. The van der Waals surface area contributed by atoms with Gasteiger partial charge in [0.1, 0.15) is 17.1 Å². The Hall–Kier alpha value is -3.16. The van der Waals surface area contributed by atoms with Crippen LogP contribution in [-0.2, 0) is 6.54 Å². The van der Waals surface area contributed by atoms with Crippen LogP contribution in [0.15, 0.2) is 32.4 Å². The van der Waals surface area contributed by atoms with Crippen LogP contribution >= 0.6 is 0 Å². The van der Waals surface area contributed by atoms with Crippen molar-refractivity contribution in [2.45, 2.75) is 20.4 Å². The topological polar surface area (TPSA) is 121 Å². The molecule has 8 heteroatoms. The average molecular weight is 314 g/mol. The van der Waals surface area contributed by atoms with Gasteiger partial charge in [-0.3, -0.25) is 19.6 Å². The lowest BCUT2D eigenvalue weighted by Crippen LogP contribution is -2.26. The molecule has 3 aromatic rings. The molecular formula is C15H14N4O4. The average Bonchev–Trinajstić information content (AvgIpc) is 2.88. The van der Waals surface area contributed by atoms with Crippen LogP contribution in [0, 0.1) is 13.8 Å². The number of nitrogens with zero attached hydrogens (tertiary/aromatic N) is 1. The van der Waals surface area contributed by atoms with Crippen molar-refractivity contribution in [1.82, 2.24) is 20.3 Å². The number of pyridine rings is 1. The number of H-pyrrole nitrogens is 2. The first-order valence-corrected chi connectivity index (χ1v) is 6.91. The summed E-state index contributed by atoms with van der Waals surface area (Å²) in [6.07, 6.45) is 1.55. The Kier molecular flexibility index (Phi) is 3.57. The molecule has 3 N–H and O–H groups in total. The highest BCUT2D eigenvalue weighted by Gasteiger charge is 2.14. The molecule has 0 radical (unpaired) electrons. The fourth-order valence-corrected chi connectivity index (χ4v) is 2.31. The van der Waals surface area contributed by atoms with Gasteiger partial charge in [0.25, 0.3) is 11.5 Å². The van der Waals surface area contributed by atoms with Crippen LogP contribution in [-0.4, -0.2) is 20.9 Å². The second-order valence-electron chi connectivity index (χ2n) is 5.17. The van der Waals surface area contributed by atoms with Crippen molar-refractivity contribution < 1.29 is 9.21 Å². The first-order valence-electron chi connectivity index (χ1n) is 6.91. The first kappa shape index (κ1) is 14.8. The van der Waals surface area contributed by atoms with E-state index < -0.39 is 17.2 Å². The highest BCUT2D eigenvalue weighted by Crippen LogP contribution is 2.12. The minimum Gasteiger partial charge on any atom is -0.467 e. The summed E-state index contributed by atoms with van der Waals surface area (Å²) in [4.78, 5) is 44.0. The molecule has 0 aromatic carbocycles. The van der Waals surface area contributed by atoms with Gasteiger partial charge in [0.05, 0.1) is 18.2 Å². The Morgan fingerprint density at radius 1 is 1.26 bits per heavy atom. The zero-order valence-electron chi connectivity index (χ0n) is 12.5. The number of amides is 1. The van der Waals surface area contributed by atoms with Gasteiger partial charge >= 0.3 is 5.69 Å². The van der Waals surface area contributed by atoms with E-state index in [4.69, 9.17) is 4.42 Å². The molecule has 0 aliphatic heterocycles. The number of aromatic amines is 2. The number of hydrogen-bond donors (Lipinski definition) is 3. The van der Waals surface area contributed by atoms with Crippen LogP contribution in [0.1, 0.15) is 27.4 Å². The molecule has 0 bridgehead atoms. The molecular weight excluding hydrogens is 300 g/mol. The fourth-order valence-electron chi connectivity index (χ4n) is 2.31. The summed E-state index contributed by atoms with van der Waals surface area (Å²) in [5.41, 5.74) is 0.472. The second-order valence-corrected chi connectivity index (χ2v) is 5.17. The summed E-state index contributed by atoms with van der Waals surface area (Å²) in [6, 6.07) is 3.30. The number of aromatic nitrogens is 3. The third-order valence-corrected chi connectivity index (χ3v) is 3.51. The van der Waals surface area contributed by atoms with Gasteiger partial charge in [0, 0.05) is 0 Å². The van der Waals surface area contributed by atoms with Crippen LogP contribution in [0.4, 0.5) is 0 Å². The van der Waals surface area contributed by atoms with E-state index in [-0.39, 0.29) is 23.3 Å². The zero-order valence-corrected chi connectivity index (χ0v) is 12.5. The van der Waals surface area contributed by atoms with E-state index in [1.807, 2.05) is 6.92 Å². The lowest BCUT2D eigenvalue weighted by atomic mass is 10.1. The molecule has 0 aliphatic carbocycles. The van der Waals surface area contributed by atoms with Gasteiger partial charge in [-0.05, 0) is 37.1 Å².